The molecule has 12 heavy (non-hydrogen) atoms. The molecule has 0 aromatic carbocycles. The van der Waals surface area contributed by atoms with E-state index in [4.69, 9.17) is 6.42 Å². The molecule has 0 aliphatic carbocycles. The third kappa shape index (κ3) is 2.51. The van der Waals surface area contributed by atoms with Crippen LogP contribution in [0.3, 0.4) is 0 Å². The average Bonchev–Trinajstić information content (AvgIpc) is 2.05. The molecule has 0 spiro atoms. The van der Waals surface area contributed by atoms with Gasteiger partial charge >= 0.3 is 0 Å². The van der Waals surface area contributed by atoms with Crippen LogP contribution in [0.5, 0.6) is 0 Å². The fourth-order valence-electron chi connectivity index (χ4n) is 1.77. The number of likely N-dealkylation sites (tertiary alicyclic amines) is 1. The lowest BCUT2D eigenvalue weighted by atomic mass is 10.1. The first-order valence-electron chi connectivity index (χ1n) is 4.56. The molecule has 1 aliphatic heterocycles. The molecule has 1 aliphatic rings. The summed E-state index contributed by atoms with van der Waals surface area (Å²) in [5.41, 5.74) is 0. The Balaban J connectivity index is 2.35. The topological polar surface area (TPSA) is 6.48 Å². The first-order valence-corrected chi connectivity index (χ1v) is 4.56. The zero-order chi connectivity index (χ0) is 8.97. The highest BCUT2D eigenvalue weighted by molar-refractivity contribution is 4.90. The molecule has 1 heterocycles. The molecule has 1 fully saturated rings. The van der Waals surface area contributed by atoms with Gasteiger partial charge in [0, 0.05) is 12.6 Å². The quantitative estimate of drug-likeness (QED) is 0.556. The molecule has 0 aromatic heterocycles. The first-order chi connectivity index (χ1) is 5.74. The van der Waals surface area contributed by atoms with Gasteiger partial charge in [0.1, 0.15) is 0 Å². The number of rotatable bonds is 2. The van der Waals surface area contributed by atoms with E-state index in [1.165, 1.54) is 19.4 Å². The maximum absolute atomic E-state index is 5.27. The highest BCUT2D eigenvalue weighted by Gasteiger charge is 2.19. The summed E-state index contributed by atoms with van der Waals surface area (Å²) in [4.78, 5) is 4.65. The van der Waals surface area contributed by atoms with E-state index in [1.807, 2.05) is 0 Å². The van der Waals surface area contributed by atoms with E-state index in [-0.39, 0.29) is 0 Å². The van der Waals surface area contributed by atoms with E-state index in [2.05, 4.69) is 29.8 Å². The maximum atomic E-state index is 5.27. The average molecular weight is 166 g/mol. The standard InChI is InChI=1S/C10H18N2/c1-4-7-12(3)10-6-5-8-11(2)9-10/h1,10H,5-9H2,2-3H3. The summed E-state index contributed by atoms with van der Waals surface area (Å²) in [6, 6.07) is 0.666. The molecule has 1 unspecified atom stereocenters. The predicted octanol–water partition coefficient (Wildman–Crippen LogP) is 0.646. The third-order valence-corrected chi connectivity index (χ3v) is 2.56. The van der Waals surface area contributed by atoms with Gasteiger partial charge in [0.2, 0.25) is 0 Å². The molecule has 0 aromatic rings. The van der Waals surface area contributed by atoms with Crippen LogP contribution in [-0.4, -0.2) is 49.6 Å². The Morgan fingerprint density at radius 3 is 3.00 bits per heavy atom. The molecule has 0 radical (unpaired) electrons. The Morgan fingerprint density at radius 1 is 1.67 bits per heavy atom. The van der Waals surface area contributed by atoms with Gasteiger partial charge < -0.3 is 4.90 Å². The van der Waals surface area contributed by atoms with Crippen LogP contribution < -0.4 is 0 Å². The van der Waals surface area contributed by atoms with Crippen molar-refractivity contribution in [3.05, 3.63) is 0 Å². The van der Waals surface area contributed by atoms with Crippen LogP contribution in [0.1, 0.15) is 12.8 Å². The minimum Gasteiger partial charge on any atom is -0.305 e. The fraction of sp³-hybridized carbons (Fsp3) is 0.800. The smallest absolute Gasteiger partial charge is 0.0599 e. The molecule has 1 atom stereocenters. The predicted molar refractivity (Wildman–Crippen MR) is 52.0 cm³/mol. The van der Waals surface area contributed by atoms with Crippen molar-refractivity contribution in [1.29, 1.82) is 0 Å². The number of piperidine rings is 1. The first kappa shape index (κ1) is 9.57. The lowest BCUT2D eigenvalue weighted by Crippen LogP contribution is -2.44. The van der Waals surface area contributed by atoms with Crippen molar-refractivity contribution in [2.24, 2.45) is 0 Å². The van der Waals surface area contributed by atoms with Gasteiger partial charge in [-0.1, -0.05) is 5.92 Å². The summed E-state index contributed by atoms with van der Waals surface area (Å²) in [7, 11) is 4.29. The minimum atomic E-state index is 0.666. The zero-order valence-corrected chi connectivity index (χ0v) is 8.08. The fourth-order valence-corrected chi connectivity index (χ4v) is 1.77. The largest absolute Gasteiger partial charge is 0.305 e. The second-order valence-electron chi connectivity index (χ2n) is 3.68. The number of likely N-dealkylation sites (N-methyl/N-ethyl adjacent to an activating group) is 2. The summed E-state index contributed by atoms with van der Waals surface area (Å²) >= 11 is 0. The van der Waals surface area contributed by atoms with Crippen molar-refractivity contribution < 1.29 is 0 Å². The van der Waals surface area contributed by atoms with Gasteiger partial charge in [0.25, 0.3) is 0 Å². The zero-order valence-electron chi connectivity index (χ0n) is 8.08. The second-order valence-corrected chi connectivity index (χ2v) is 3.68. The van der Waals surface area contributed by atoms with Crippen molar-refractivity contribution >= 4 is 0 Å². The normalized spacial score (nSPS) is 25.7. The Bertz CT molecular complexity index is 171. The molecule has 1 rings (SSSR count). The Morgan fingerprint density at radius 2 is 2.42 bits per heavy atom. The molecule has 0 saturated carbocycles. The van der Waals surface area contributed by atoms with Crippen LogP contribution in [0.15, 0.2) is 0 Å². The Labute approximate surface area is 75.5 Å². The highest BCUT2D eigenvalue weighted by atomic mass is 15.2. The lowest BCUT2D eigenvalue weighted by Gasteiger charge is -2.34. The number of terminal acetylenes is 1. The molecule has 0 N–H and O–H groups in total. The van der Waals surface area contributed by atoms with Gasteiger partial charge in [-0.25, -0.2) is 0 Å². The summed E-state index contributed by atoms with van der Waals surface area (Å²) in [5.74, 6) is 2.69. The number of nitrogens with zero attached hydrogens (tertiary/aromatic N) is 2. The maximum Gasteiger partial charge on any atom is 0.0599 e. The van der Waals surface area contributed by atoms with Crippen molar-refractivity contribution in [3.63, 3.8) is 0 Å². The minimum absolute atomic E-state index is 0.666. The van der Waals surface area contributed by atoms with Crippen LogP contribution in [0.2, 0.25) is 0 Å². The molecular formula is C10H18N2. The summed E-state index contributed by atoms with van der Waals surface area (Å²) < 4.78 is 0. The van der Waals surface area contributed by atoms with Crippen LogP contribution in [0.25, 0.3) is 0 Å². The third-order valence-electron chi connectivity index (χ3n) is 2.56. The molecule has 2 nitrogen and oxygen atoms in total. The molecule has 0 bridgehead atoms. The van der Waals surface area contributed by atoms with Gasteiger partial charge in [0.15, 0.2) is 0 Å². The molecular weight excluding hydrogens is 148 g/mol. The van der Waals surface area contributed by atoms with E-state index in [9.17, 15) is 0 Å². The summed E-state index contributed by atoms with van der Waals surface area (Å²) in [6.07, 6.45) is 7.86. The van der Waals surface area contributed by atoms with E-state index in [0.717, 1.165) is 13.1 Å². The summed E-state index contributed by atoms with van der Waals surface area (Å²) in [5, 5.41) is 0. The van der Waals surface area contributed by atoms with Crippen molar-refractivity contribution in [2.75, 3.05) is 33.7 Å². The van der Waals surface area contributed by atoms with Gasteiger partial charge in [0.05, 0.1) is 6.54 Å². The molecule has 2 heteroatoms. The SMILES string of the molecule is C#CCN(C)C1CCCN(C)C1. The highest BCUT2D eigenvalue weighted by Crippen LogP contribution is 2.12. The van der Waals surface area contributed by atoms with Crippen LogP contribution in [0.4, 0.5) is 0 Å². The second kappa shape index (κ2) is 4.49. The van der Waals surface area contributed by atoms with E-state index < -0.39 is 0 Å². The van der Waals surface area contributed by atoms with Gasteiger partial charge in [-0.15, -0.1) is 6.42 Å². The van der Waals surface area contributed by atoms with Gasteiger partial charge in [-0.2, -0.15) is 0 Å². The monoisotopic (exact) mass is 166 g/mol. The van der Waals surface area contributed by atoms with Crippen molar-refractivity contribution in [2.45, 2.75) is 18.9 Å². The Hall–Kier alpha value is -0.520. The van der Waals surface area contributed by atoms with Crippen LogP contribution in [0, 0.1) is 12.3 Å². The number of hydrogen-bond acceptors (Lipinski definition) is 2. The van der Waals surface area contributed by atoms with Crippen LogP contribution in [-0.2, 0) is 0 Å². The van der Waals surface area contributed by atoms with E-state index in [1.54, 1.807) is 0 Å². The lowest BCUT2D eigenvalue weighted by molar-refractivity contribution is 0.146. The molecule has 68 valence electrons. The van der Waals surface area contributed by atoms with Crippen LogP contribution >= 0.6 is 0 Å². The van der Waals surface area contributed by atoms with Crippen molar-refractivity contribution in [1.82, 2.24) is 9.80 Å². The van der Waals surface area contributed by atoms with E-state index in [0.29, 0.717) is 6.04 Å². The van der Waals surface area contributed by atoms with Gasteiger partial charge in [-0.05, 0) is 33.5 Å². The number of hydrogen-bond donors (Lipinski definition) is 0. The molecule has 1 saturated heterocycles. The van der Waals surface area contributed by atoms with Crippen molar-refractivity contribution in [3.8, 4) is 12.3 Å². The Kier molecular flexibility index (Phi) is 3.58. The summed E-state index contributed by atoms with van der Waals surface area (Å²) in [6.45, 7) is 3.18. The van der Waals surface area contributed by atoms with E-state index >= 15 is 0 Å². The van der Waals surface area contributed by atoms with Gasteiger partial charge in [-0.3, -0.25) is 4.90 Å². The molecule has 0 amide bonds.